The summed E-state index contributed by atoms with van der Waals surface area (Å²) in [5, 5.41) is 7.23. The number of hydrogen-bond donors (Lipinski definition) is 1. The van der Waals surface area contributed by atoms with E-state index in [1.54, 1.807) is 43.5 Å². The molecule has 0 radical (unpaired) electrons. The molecule has 146 valence electrons. The number of anilines is 1. The number of amides is 1. The highest BCUT2D eigenvalue weighted by molar-refractivity contribution is 6.30. The maximum absolute atomic E-state index is 12.6. The summed E-state index contributed by atoms with van der Waals surface area (Å²) >= 11 is 5.81. The number of carbonyl (C=O) groups is 1. The first kappa shape index (κ1) is 19.6. The van der Waals surface area contributed by atoms with Crippen molar-refractivity contribution in [2.75, 3.05) is 5.32 Å². The maximum Gasteiger partial charge on any atom is 0.387 e. The third-order valence-electron chi connectivity index (χ3n) is 3.65. The Hall–Kier alpha value is -3.13. The molecule has 0 unspecified atom stereocenters. The molecule has 1 heterocycles. The van der Waals surface area contributed by atoms with Crippen molar-refractivity contribution in [3.05, 3.63) is 71.0 Å². The summed E-state index contributed by atoms with van der Waals surface area (Å²) in [6.07, 6.45) is 1.57. The molecule has 0 aliphatic rings. The zero-order chi connectivity index (χ0) is 20.1. The van der Waals surface area contributed by atoms with Gasteiger partial charge >= 0.3 is 6.61 Å². The number of hydrogen-bond acceptors (Lipinski definition) is 4. The fourth-order valence-electron chi connectivity index (χ4n) is 2.34. The molecule has 2 aromatic carbocycles. The monoisotopic (exact) mass is 407 g/mol. The molecule has 1 aromatic heterocycles. The zero-order valence-corrected chi connectivity index (χ0v) is 15.5. The predicted molar refractivity (Wildman–Crippen MR) is 100 cm³/mol. The summed E-state index contributed by atoms with van der Waals surface area (Å²) in [6.45, 7) is -1.19. The van der Waals surface area contributed by atoms with Crippen LogP contribution in [0.25, 0.3) is 0 Å². The Bertz CT molecular complexity index is 961. The van der Waals surface area contributed by atoms with Crippen LogP contribution in [0.5, 0.6) is 11.5 Å². The van der Waals surface area contributed by atoms with Crippen molar-refractivity contribution >= 4 is 23.2 Å². The molecule has 0 saturated heterocycles. The van der Waals surface area contributed by atoms with E-state index < -0.39 is 12.5 Å². The predicted octanol–water partition coefficient (Wildman–Crippen LogP) is 4.74. The van der Waals surface area contributed by atoms with Gasteiger partial charge in [0.15, 0.2) is 12.4 Å². The van der Waals surface area contributed by atoms with Gasteiger partial charge in [-0.15, -0.1) is 0 Å². The molecule has 0 fully saturated rings. The number of halogens is 3. The van der Waals surface area contributed by atoms with Crippen molar-refractivity contribution in [3.8, 4) is 11.5 Å². The molecule has 0 saturated carbocycles. The molecule has 0 bridgehead atoms. The summed E-state index contributed by atoms with van der Waals surface area (Å²) in [5.74, 6) is -0.0820. The Balaban J connectivity index is 1.65. The summed E-state index contributed by atoms with van der Waals surface area (Å²) in [5.41, 5.74) is 0.948. The van der Waals surface area contributed by atoms with Crippen LogP contribution in [-0.2, 0) is 6.73 Å². The second kappa shape index (κ2) is 8.71. The van der Waals surface area contributed by atoms with Crippen LogP contribution in [0.15, 0.2) is 54.7 Å². The summed E-state index contributed by atoms with van der Waals surface area (Å²) < 4.78 is 36.6. The van der Waals surface area contributed by atoms with E-state index in [1.165, 1.54) is 22.9 Å². The Morgan fingerprint density at radius 2 is 1.96 bits per heavy atom. The van der Waals surface area contributed by atoms with Crippen LogP contribution < -0.4 is 14.8 Å². The van der Waals surface area contributed by atoms with Gasteiger partial charge in [-0.05, 0) is 55.0 Å². The lowest BCUT2D eigenvalue weighted by molar-refractivity contribution is -0.0494. The van der Waals surface area contributed by atoms with Gasteiger partial charge in [-0.1, -0.05) is 17.7 Å². The molecular weight excluding hydrogens is 392 g/mol. The minimum absolute atomic E-state index is 0.0825. The molecule has 28 heavy (non-hydrogen) atoms. The molecule has 1 N–H and O–H groups in total. The molecule has 3 rings (SSSR count). The summed E-state index contributed by atoms with van der Waals surface area (Å²) in [6, 6.07) is 12.9. The topological polar surface area (TPSA) is 65.4 Å². The third kappa shape index (κ3) is 5.20. The van der Waals surface area contributed by atoms with E-state index in [1.807, 2.05) is 0 Å². The molecule has 9 heteroatoms. The third-order valence-corrected chi connectivity index (χ3v) is 3.90. The number of rotatable bonds is 7. The van der Waals surface area contributed by atoms with Crippen LogP contribution >= 0.6 is 11.6 Å². The summed E-state index contributed by atoms with van der Waals surface area (Å²) in [4.78, 5) is 12.4. The van der Waals surface area contributed by atoms with Crippen molar-refractivity contribution in [1.82, 2.24) is 9.78 Å². The SMILES string of the molecule is Cc1ccc(NC(=O)c2ccn(COc3ccc(Cl)cc3)n2)c(OC(F)F)c1. The van der Waals surface area contributed by atoms with E-state index in [0.29, 0.717) is 10.8 Å². The average Bonchev–Trinajstić information content (AvgIpc) is 3.12. The van der Waals surface area contributed by atoms with Crippen LogP contribution in [-0.4, -0.2) is 22.3 Å². The van der Waals surface area contributed by atoms with E-state index in [0.717, 1.165) is 5.56 Å². The number of nitrogens with zero attached hydrogens (tertiary/aromatic N) is 2. The molecule has 1 amide bonds. The fraction of sp³-hybridized carbons (Fsp3) is 0.158. The van der Waals surface area contributed by atoms with E-state index >= 15 is 0 Å². The van der Waals surface area contributed by atoms with Gasteiger partial charge in [0.25, 0.3) is 5.91 Å². The molecule has 0 spiro atoms. The zero-order valence-electron chi connectivity index (χ0n) is 14.7. The molecular formula is C19H16ClF2N3O3. The number of ether oxygens (including phenoxy) is 2. The van der Waals surface area contributed by atoms with Crippen molar-refractivity contribution < 1.29 is 23.0 Å². The Labute approximate surface area is 164 Å². The van der Waals surface area contributed by atoms with Crippen LogP contribution in [0, 0.1) is 6.92 Å². The van der Waals surface area contributed by atoms with Crippen molar-refractivity contribution in [3.63, 3.8) is 0 Å². The molecule has 0 aliphatic heterocycles. The highest BCUT2D eigenvalue weighted by Gasteiger charge is 2.15. The highest BCUT2D eigenvalue weighted by atomic mass is 35.5. The van der Waals surface area contributed by atoms with Gasteiger partial charge in [0.05, 0.1) is 5.69 Å². The lowest BCUT2D eigenvalue weighted by Crippen LogP contribution is -2.15. The van der Waals surface area contributed by atoms with Crippen molar-refractivity contribution in [2.45, 2.75) is 20.3 Å². The van der Waals surface area contributed by atoms with Gasteiger partial charge in [0.1, 0.15) is 11.5 Å². The van der Waals surface area contributed by atoms with Gasteiger partial charge in [-0.25, -0.2) is 4.68 Å². The minimum atomic E-state index is -3.00. The lowest BCUT2D eigenvalue weighted by atomic mass is 10.2. The van der Waals surface area contributed by atoms with Crippen LogP contribution in [0.2, 0.25) is 5.02 Å². The van der Waals surface area contributed by atoms with Crippen molar-refractivity contribution in [1.29, 1.82) is 0 Å². The first-order chi connectivity index (χ1) is 13.4. The maximum atomic E-state index is 12.6. The number of nitrogens with one attached hydrogen (secondary N) is 1. The second-order valence-electron chi connectivity index (χ2n) is 5.80. The van der Waals surface area contributed by atoms with Crippen LogP contribution in [0.1, 0.15) is 16.1 Å². The van der Waals surface area contributed by atoms with Gasteiger partial charge in [-0.3, -0.25) is 4.79 Å². The Morgan fingerprint density at radius 1 is 1.21 bits per heavy atom. The van der Waals surface area contributed by atoms with Gasteiger partial charge in [0.2, 0.25) is 0 Å². The number of aryl methyl sites for hydroxylation is 1. The molecule has 6 nitrogen and oxygen atoms in total. The number of carbonyl (C=O) groups excluding carboxylic acids is 1. The first-order valence-corrected chi connectivity index (χ1v) is 8.57. The normalized spacial score (nSPS) is 10.8. The fourth-order valence-corrected chi connectivity index (χ4v) is 2.46. The molecule has 3 aromatic rings. The number of aromatic nitrogens is 2. The average molecular weight is 408 g/mol. The second-order valence-corrected chi connectivity index (χ2v) is 6.24. The van der Waals surface area contributed by atoms with Gasteiger partial charge in [0, 0.05) is 11.2 Å². The molecule has 0 aliphatic carbocycles. The van der Waals surface area contributed by atoms with Gasteiger partial charge < -0.3 is 14.8 Å². The van der Waals surface area contributed by atoms with E-state index in [-0.39, 0.29) is 23.9 Å². The lowest BCUT2D eigenvalue weighted by Gasteiger charge is -2.12. The summed E-state index contributed by atoms with van der Waals surface area (Å²) in [7, 11) is 0. The largest absolute Gasteiger partial charge is 0.471 e. The quantitative estimate of drug-likeness (QED) is 0.614. The van der Waals surface area contributed by atoms with E-state index in [9.17, 15) is 13.6 Å². The number of benzene rings is 2. The Kier molecular flexibility index (Phi) is 6.10. The minimum Gasteiger partial charge on any atom is -0.471 e. The first-order valence-electron chi connectivity index (χ1n) is 8.19. The van der Waals surface area contributed by atoms with Crippen LogP contribution in [0.4, 0.5) is 14.5 Å². The van der Waals surface area contributed by atoms with Crippen LogP contribution in [0.3, 0.4) is 0 Å². The van der Waals surface area contributed by atoms with Crippen molar-refractivity contribution in [2.24, 2.45) is 0 Å². The Morgan fingerprint density at radius 3 is 2.68 bits per heavy atom. The standard InChI is InChI=1S/C19H16ClF2N3O3/c1-12-2-7-15(17(10-12)28-19(21)22)23-18(26)16-8-9-25(24-16)11-27-14-5-3-13(20)4-6-14/h2-10,19H,11H2,1H3,(H,23,26). The van der Waals surface area contributed by atoms with Gasteiger partial charge in [-0.2, -0.15) is 13.9 Å². The van der Waals surface area contributed by atoms with E-state index in [4.69, 9.17) is 16.3 Å². The highest BCUT2D eigenvalue weighted by Crippen LogP contribution is 2.27. The van der Waals surface area contributed by atoms with E-state index in [2.05, 4.69) is 15.2 Å². The molecule has 0 atom stereocenters. The smallest absolute Gasteiger partial charge is 0.387 e. The number of alkyl halides is 2.